The molecule has 0 saturated heterocycles. The van der Waals surface area contributed by atoms with Gasteiger partial charge in [0.05, 0.1) is 0 Å². The maximum atomic E-state index is 12.0. The van der Waals surface area contributed by atoms with Crippen molar-refractivity contribution in [3.05, 3.63) is 35.9 Å². The molecule has 18 heavy (non-hydrogen) atoms. The number of rotatable bonds is 4. The van der Waals surface area contributed by atoms with Crippen LogP contribution in [-0.4, -0.2) is 12.5 Å². The normalized spacial score (nSPS) is 24.8. The van der Waals surface area contributed by atoms with E-state index in [0.717, 1.165) is 18.0 Å². The maximum Gasteiger partial charge on any atom is 0.241 e. The Labute approximate surface area is 109 Å². The van der Waals surface area contributed by atoms with Gasteiger partial charge in [0.25, 0.3) is 0 Å². The zero-order chi connectivity index (χ0) is 13.0. The first-order valence-corrected chi connectivity index (χ1v) is 6.76. The van der Waals surface area contributed by atoms with Crippen LogP contribution in [0.5, 0.6) is 0 Å². The molecule has 0 heterocycles. The van der Waals surface area contributed by atoms with Gasteiger partial charge in [-0.2, -0.15) is 0 Å². The molecule has 1 aliphatic rings. The molecule has 1 fully saturated rings. The van der Waals surface area contributed by atoms with Crippen molar-refractivity contribution in [2.75, 3.05) is 6.54 Å². The number of benzene rings is 1. The van der Waals surface area contributed by atoms with Crippen molar-refractivity contribution in [1.82, 2.24) is 5.32 Å². The van der Waals surface area contributed by atoms with Gasteiger partial charge in [0.2, 0.25) is 5.91 Å². The molecule has 0 aliphatic heterocycles. The summed E-state index contributed by atoms with van der Waals surface area (Å²) < 4.78 is 0. The Morgan fingerprint density at radius 1 is 1.39 bits per heavy atom. The first-order chi connectivity index (χ1) is 8.68. The minimum Gasteiger partial charge on any atom is -0.354 e. The van der Waals surface area contributed by atoms with Crippen LogP contribution in [-0.2, 0) is 4.79 Å². The fourth-order valence-electron chi connectivity index (χ4n) is 2.68. The molecule has 0 spiro atoms. The van der Waals surface area contributed by atoms with E-state index in [1.807, 2.05) is 30.3 Å². The van der Waals surface area contributed by atoms with E-state index in [4.69, 9.17) is 5.73 Å². The third-order valence-corrected chi connectivity index (χ3v) is 4.02. The van der Waals surface area contributed by atoms with E-state index in [0.29, 0.717) is 5.92 Å². The van der Waals surface area contributed by atoms with Crippen LogP contribution in [0.1, 0.15) is 37.8 Å². The van der Waals surface area contributed by atoms with Crippen molar-refractivity contribution >= 4 is 5.91 Å². The number of nitrogens with one attached hydrogen (secondary N) is 1. The predicted molar refractivity (Wildman–Crippen MR) is 72.9 cm³/mol. The van der Waals surface area contributed by atoms with Crippen LogP contribution >= 0.6 is 0 Å². The van der Waals surface area contributed by atoms with E-state index in [1.54, 1.807) is 0 Å². The van der Waals surface area contributed by atoms with Crippen LogP contribution in [0.15, 0.2) is 30.3 Å². The number of hydrogen-bond donors (Lipinski definition) is 2. The van der Waals surface area contributed by atoms with E-state index >= 15 is 0 Å². The first kappa shape index (κ1) is 13.1. The average molecular weight is 246 g/mol. The van der Waals surface area contributed by atoms with Crippen molar-refractivity contribution in [2.24, 2.45) is 17.6 Å². The third-order valence-electron chi connectivity index (χ3n) is 4.02. The molecule has 0 radical (unpaired) electrons. The molecule has 3 heteroatoms. The molecule has 3 atom stereocenters. The van der Waals surface area contributed by atoms with Gasteiger partial charge in [-0.15, -0.1) is 0 Å². The Balaban J connectivity index is 1.84. The van der Waals surface area contributed by atoms with Gasteiger partial charge in [-0.1, -0.05) is 50.1 Å². The van der Waals surface area contributed by atoms with Gasteiger partial charge in [0, 0.05) is 6.54 Å². The summed E-state index contributed by atoms with van der Waals surface area (Å²) in [4.78, 5) is 12.0. The summed E-state index contributed by atoms with van der Waals surface area (Å²) in [6.07, 6.45) is 3.79. The Hall–Kier alpha value is -1.35. The average Bonchev–Trinajstić information content (AvgIpc) is 2.81. The summed E-state index contributed by atoms with van der Waals surface area (Å²) >= 11 is 0. The van der Waals surface area contributed by atoms with Crippen LogP contribution in [0.3, 0.4) is 0 Å². The fraction of sp³-hybridized carbons (Fsp3) is 0.533. The standard InChI is InChI=1S/C15H22N2O/c1-11-6-5-9-13(11)10-17-15(18)14(16)12-7-3-2-4-8-12/h2-4,7-8,11,13-14H,5-6,9-10,16H2,1H3,(H,17,18)/t11?,13?,14-/m0/s1. The van der Waals surface area contributed by atoms with Crippen molar-refractivity contribution in [1.29, 1.82) is 0 Å². The summed E-state index contributed by atoms with van der Waals surface area (Å²) in [7, 11) is 0. The van der Waals surface area contributed by atoms with Gasteiger partial charge in [0.15, 0.2) is 0 Å². The van der Waals surface area contributed by atoms with Gasteiger partial charge < -0.3 is 11.1 Å². The van der Waals surface area contributed by atoms with Gasteiger partial charge in [-0.3, -0.25) is 4.79 Å². The van der Waals surface area contributed by atoms with Crippen molar-refractivity contribution in [2.45, 2.75) is 32.2 Å². The molecule has 1 aromatic carbocycles. The second kappa shape index (κ2) is 6.01. The van der Waals surface area contributed by atoms with Gasteiger partial charge in [-0.05, 0) is 23.8 Å². The molecule has 98 valence electrons. The first-order valence-electron chi connectivity index (χ1n) is 6.76. The lowest BCUT2D eigenvalue weighted by Crippen LogP contribution is -2.37. The highest BCUT2D eigenvalue weighted by Crippen LogP contribution is 2.30. The molecule has 1 amide bonds. The second-order valence-corrected chi connectivity index (χ2v) is 5.30. The number of hydrogen-bond acceptors (Lipinski definition) is 2. The molecular formula is C15H22N2O. The van der Waals surface area contributed by atoms with E-state index in [9.17, 15) is 4.79 Å². The summed E-state index contributed by atoms with van der Waals surface area (Å²) in [5, 5.41) is 2.99. The third kappa shape index (κ3) is 3.10. The Morgan fingerprint density at radius 3 is 2.72 bits per heavy atom. The molecule has 0 bridgehead atoms. The highest BCUT2D eigenvalue weighted by atomic mass is 16.2. The number of carbonyl (C=O) groups excluding carboxylic acids is 1. The molecule has 0 aromatic heterocycles. The second-order valence-electron chi connectivity index (χ2n) is 5.30. The van der Waals surface area contributed by atoms with E-state index in [2.05, 4.69) is 12.2 Å². The van der Waals surface area contributed by atoms with Crippen LogP contribution in [0, 0.1) is 11.8 Å². The summed E-state index contributed by atoms with van der Waals surface area (Å²) in [5.74, 6) is 1.27. The van der Waals surface area contributed by atoms with E-state index in [-0.39, 0.29) is 5.91 Å². The minimum atomic E-state index is -0.553. The Bertz CT molecular complexity index is 391. The van der Waals surface area contributed by atoms with Crippen molar-refractivity contribution in [3.63, 3.8) is 0 Å². The van der Waals surface area contributed by atoms with Crippen LogP contribution in [0.25, 0.3) is 0 Å². The molecule has 1 aliphatic carbocycles. The quantitative estimate of drug-likeness (QED) is 0.856. The van der Waals surface area contributed by atoms with Crippen molar-refractivity contribution < 1.29 is 4.79 Å². The number of amides is 1. The Kier molecular flexibility index (Phi) is 4.37. The van der Waals surface area contributed by atoms with Crippen LogP contribution in [0.4, 0.5) is 0 Å². The van der Waals surface area contributed by atoms with Gasteiger partial charge >= 0.3 is 0 Å². The smallest absolute Gasteiger partial charge is 0.241 e. The molecule has 2 unspecified atom stereocenters. The summed E-state index contributed by atoms with van der Waals surface area (Å²) in [5.41, 5.74) is 6.82. The monoisotopic (exact) mass is 246 g/mol. The lowest BCUT2D eigenvalue weighted by Gasteiger charge is -2.18. The SMILES string of the molecule is CC1CCCC1CNC(=O)[C@@H](N)c1ccccc1. The molecular weight excluding hydrogens is 224 g/mol. The highest BCUT2D eigenvalue weighted by Gasteiger charge is 2.24. The molecule has 1 aromatic rings. The molecule has 1 saturated carbocycles. The molecule has 3 nitrogen and oxygen atoms in total. The van der Waals surface area contributed by atoms with Gasteiger partial charge in [-0.25, -0.2) is 0 Å². The largest absolute Gasteiger partial charge is 0.354 e. The lowest BCUT2D eigenvalue weighted by atomic mass is 9.98. The number of nitrogens with two attached hydrogens (primary N) is 1. The van der Waals surface area contributed by atoms with Crippen LogP contribution in [0.2, 0.25) is 0 Å². The van der Waals surface area contributed by atoms with Gasteiger partial charge in [0.1, 0.15) is 6.04 Å². The number of carbonyl (C=O) groups is 1. The molecule has 2 rings (SSSR count). The summed E-state index contributed by atoms with van der Waals surface area (Å²) in [6, 6.07) is 8.96. The zero-order valence-electron chi connectivity index (χ0n) is 10.9. The maximum absolute atomic E-state index is 12.0. The minimum absolute atomic E-state index is 0.0692. The predicted octanol–water partition coefficient (Wildman–Crippen LogP) is 2.24. The lowest BCUT2D eigenvalue weighted by molar-refractivity contribution is -0.122. The van der Waals surface area contributed by atoms with Crippen LogP contribution < -0.4 is 11.1 Å². The summed E-state index contributed by atoms with van der Waals surface area (Å²) in [6.45, 7) is 3.03. The topological polar surface area (TPSA) is 55.1 Å². The fourth-order valence-corrected chi connectivity index (χ4v) is 2.68. The van der Waals surface area contributed by atoms with E-state index < -0.39 is 6.04 Å². The van der Waals surface area contributed by atoms with E-state index in [1.165, 1.54) is 19.3 Å². The molecule has 3 N–H and O–H groups in total. The zero-order valence-corrected chi connectivity index (χ0v) is 10.9. The Morgan fingerprint density at radius 2 is 2.11 bits per heavy atom. The highest BCUT2D eigenvalue weighted by molar-refractivity contribution is 5.82. The van der Waals surface area contributed by atoms with Crippen molar-refractivity contribution in [3.8, 4) is 0 Å².